The number of benzene rings is 1. The summed E-state index contributed by atoms with van der Waals surface area (Å²) in [5.41, 5.74) is 1.66. The summed E-state index contributed by atoms with van der Waals surface area (Å²) in [6, 6.07) is 11.3. The summed E-state index contributed by atoms with van der Waals surface area (Å²) in [7, 11) is 1.57. The van der Waals surface area contributed by atoms with E-state index in [1.807, 2.05) is 30.3 Å². The van der Waals surface area contributed by atoms with Crippen molar-refractivity contribution in [3.63, 3.8) is 0 Å². The molecule has 0 radical (unpaired) electrons. The SMILES string of the molecule is COc1cncc(C#CCNC(=O)OCc2ccccc2)c1. The van der Waals surface area contributed by atoms with Crippen molar-refractivity contribution in [2.45, 2.75) is 6.61 Å². The third-order valence-electron chi connectivity index (χ3n) is 2.72. The molecule has 2 aromatic rings. The van der Waals surface area contributed by atoms with Crippen molar-refractivity contribution in [3.8, 4) is 17.6 Å². The van der Waals surface area contributed by atoms with E-state index in [0.29, 0.717) is 5.75 Å². The fourth-order valence-corrected chi connectivity index (χ4v) is 1.64. The number of pyridine rings is 1. The van der Waals surface area contributed by atoms with Gasteiger partial charge in [-0.15, -0.1) is 0 Å². The van der Waals surface area contributed by atoms with Crippen molar-refractivity contribution in [2.75, 3.05) is 13.7 Å². The third kappa shape index (κ3) is 5.17. The number of methoxy groups -OCH3 is 1. The van der Waals surface area contributed by atoms with Gasteiger partial charge in [0, 0.05) is 11.8 Å². The smallest absolute Gasteiger partial charge is 0.408 e. The lowest BCUT2D eigenvalue weighted by Crippen LogP contribution is -2.24. The molecule has 112 valence electrons. The minimum atomic E-state index is -0.498. The van der Waals surface area contributed by atoms with Crippen LogP contribution in [0.5, 0.6) is 5.75 Å². The standard InChI is InChI=1S/C17H16N2O3/c1-21-16-10-15(11-18-12-16)8-5-9-19-17(20)22-13-14-6-3-2-4-7-14/h2-4,6-7,10-12H,9,13H2,1H3,(H,19,20). The van der Waals surface area contributed by atoms with E-state index in [-0.39, 0.29) is 13.2 Å². The predicted octanol–water partition coefficient (Wildman–Crippen LogP) is 2.37. The summed E-state index contributed by atoms with van der Waals surface area (Å²) in [6.45, 7) is 0.435. The molecule has 0 aliphatic heterocycles. The van der Waals surface area contributed by atoms with Gasteiger partial charge in [-0.25, -0.2) is 4.79 Å². The van der Waals surface area contributed by atoms with Gasteiger partial charge in [-0.1, -0.05) is 42.2 Å². The summed E-state index contributed by atoms with van der Waals surface area (Å²) in [6.07, 6.45) is 2.73. The van der Waals surface area contributed by atoms with Crippen molar-refractivity contribution in [1.82, 2.24) is 10.3 Å². The molecule has 0 saturated carbocycles. The molecule has 1 aromatic heterocycles. The molecule has 0 aliphatic rings. The number of amides is 1. The van der Waals surface area contributed by atoms with Gasteiger partial charge in [-0.05, 0) is 11.6 Å². The highest BCUT2D eigenvalue weighted by molar-refractivity contribution is 5.67. The molecule has 0 aliphatic carbocycles. The van der Waals surface area contributed by atoms with Crippen molar-refractivity contribution in [1.29, 1.82) is 0 Å². The molecular formula is C17H16N2O3. The van der Waals surface area contributed by atoms with Gasteiger partial charge in [0.25, 0.3) is 0 Å². The van der Waals surface area contributed by atoms with Gasteiger partial charge in [0.15, 0.2) is 0 Å². The third-order valence-corrected chi connectivity index (χ3v) is 2.72. The Labute approximate surface area is 129 Å². The quantitative estimate of drug-likeness (QED) is 0.880. The Balaban J connectivity index is 1.74. The average Bonchev–Trinajstić information content (AvgIpc) is 2.58. The fraction of sp³-hybridized carbons (Fsp3) is 0.176. The molecular weight excluding hydrogens is 280 g/mol. The van der Waals surface area contributed by atoms with Gasteiger partial charge < -0.3 is 14.8 Å². The summed E-state index contributed by atoms with van der Waals surface area (Å²) in [5, 5.41) is 2.57. The number of hydrogen-bond acceptors (Lipinski definition) is 4. The van der Waals surface area contributed by atoms with Crippen LogP contribution in [0.25, 0.3) is 0 Å². The second kappa shape index (κ2) is 8.32. The number of aromatic nitrogens is 1. The maximum Gasteiger partial charge on any atom is 0.408 e. The van der Waals surface area contributed by atoms with Gasteiger partial charge in [-0.3, -0.25) is 4.98 Å². The van der Waals surface area contributed by atoms with Crippen molar-refractivity contribution < 1.29 is 14.3 Å². The molecule has 1 amide bonds. The van der Waals surface area contributed by atoms with Crippen LogP contribution in [-0.2, 0) is 11.3 Å². The van der Waals surface area contributed by atoms with Crippen LogP contribution in [0.1, 0.15) is 11.1 Å². The Kier molecular flexibility index (Phi) is 5.82. The number of nitrogens with zero attached hydrogens (tertiary/aromatic N) is 1. The minimum Gasteiger partial charge on any atom is -0.495 e. The first-order chi connectivity index (χ1) is 10.8. The lowest BCUT2D eigenvalue weighted by Gasteiger charge is -2.04. The molecule has 2 rings (SSSR count). The van der Waals surface area contributed by atoms with Crippen LogP contribution in [0.4, 0.5) is 4.79 Å². The summed E-state index contributed by atoms with van der Waals surface area (Å²) in [5.74, 6) is 6.35. The average molecular weight is 296 g/mol. The molecule has 1 heterocycles. The van der Waals surface area contributed by atoms with Gasteiger partial charge in [0.05, 0.1) is 19.9 Å². The highest BCUT2D eigenvalue weighted by Gasteiger charge is 2.00. The molecule has 22 heavy (non-hydrogen) atoms. The van der Waals surface area contributed by atoms with Crippen LogP contribution in [0.15, 0.2) is 48.8 Å². The lowest BCUT2D eigenvalue weighted by atomic mass is 10.2. The van der Waals surface area contributed by atoms with E-state index in [0.717, 1.165) is 11.1 Å². The predicted molar refractivity (Wildman–Crippen MR) is 82.3 cm³/mol. The molecule has 5 nitrogen and oxygen atoms in total. The Morgan fingerprint density at radius 2 is 2.09 bits per heavy atom. The summed E-state index contributed by atoms with van der Waals surface area (Å²) < 4.78 is 10.1. The number of alkyl carbamates (subject to hydrolysis) is 1. The zero-order valence-corrected chi connectivity index (χ0v) is 12.2. The molecule has 0 atom stereocenters. The van der Waals surface area contributed by atoms with E-state index in [9.17, 15) is 4.79 Å². The van der Waals surface area contributed by atoms with Gasteiger partial charge >= 0.3 is 6.09 Å². The van der Waals surface area contributed by atoms with E-state index < -0.39 is 6.09 Å². The maximum absolute atomic E-state index is 11.5. The Bertz CT molecular complexity index is 675. The van der Waals surface area contributed by atoms with Crippen molar-refractivity contribution in [2.24, 2.45) is 0 Å². The van der Waals surface area contributed by atoms with E-state index in [1.54, 1.807) is 25.6 Å². The number of hydrogen-bond donors (Lipinski definition) is 1. The monoisotopic (exact) mass is 296 g/mol. The number of nitrogens with one attached hydrogen (secondary N) is 1. The van der Waals surface area contributed by atoms with Crippen LogP contribution in [0, 0.1) is 11.8 Å². The van der Waals surface area contributed by atoms with Crippen molar-refractivity contribution in [3.05, 3.63) is 59.9 Å². The molecule has 0 fully saturated rings. The summed E-state index contributed by atoms with van der Waals surface area (Å²) in [4.78, 5) is 15.5. The first kappa shape index (κ1) is 15.4. The topological polar surface area (TPSA) is 60.5 Å². The first-order valence-electron chi connectivity index (χ1n) is 6.70. The minimum absolute atomic E-state index is 0.199. The number of rotatable bonds is 4. The number of ether oxygens (including phenoxy) is 2. The molecule has 0 spiro atoms. The van der Waals surface area contributed by atoms with Crippen LogP contribution >= 0.6 is 0 Å². The molecule has 0 bridgehead atoms. The van der Waals surface area contributed by atoms with E-state index in [1.165, 1.54) is 0 Å². The second-order valence-electron chi connectivity index (χ2n) is 4.33. The second-order valence-corrected chi connectivity index (χ2v) is 4.33. The molecule has 0 saturated heterocycles. The highest BCUT2D eigenvalue weighted by atomic mass is 16.5. The van der Waals surface area contributed by atoms with E-state index in [2.05, 4.69) is 22.1 Å². The van der Waals surface area contributed by atoms with Gasteiger partial charge in [0.2, 0.25) is 0 Å². The molecule has 1 N–H and O–H groups in total. The normalized spacial score (nSPS) is 9.32. The Morgan fingerprint density at radius 1 is 1.27 bits per heavy atom. The lowest BCUT2D eigenvalue weighted by molar-refractivity contribution is 0.141. The zero-order valence-electron chi connectivity index (χ0n) is 12.2. The Hall–Kier alpha value is -3.00. The number of carbonyl (C=O) groups excluding carboxylic acids is 1. The van der Waals surface area contributed by atoms with Crippen molar-refractivity contribution >= 4 is 6.09 Å². The number of carbonyl (C=O) groups is 1. The maximum atomic E-state index is 11.5. The van der Waals surface area contributed by atoms with Crippen LogP contribution in [0.3, 0.4) is 0 Å². The van der Waals surface area contributed by atoms with Crippen LogP contribution in [-0.4, -0.2) is 24.7 Å². The summed E-state index contributed by atoms with van der Waals surface area (Å²) >= 11 is 0. The van der Waals surface area contributed by atoms with E-state index in [4.69, 9.17) is 9.47 Å². The Morgan fingerprint density at radius 3 is 2.86 bits per heavy atom. The van der Waals surface area contributed by atoms with Gasteiger partial charge in [-0.2, -0.15) is 0 Å². The van der Waals surface area contributed by atoms with Crippen LogP contribution < -0.4 is 10.1 Å². The van der Waals surface area contributed by atoms with Gasteiger partial charge in [0.1, 0.15) is 12.4 Å². The molecule has 5 heteroatoms. The highest BCUT2D eigenvalue weighted by Crippen LogP contribution is 2.08. The molecule has 0 unspecified atom stereocenters. The zero-order chi connectivity index (χ0) is 15.6. The van der Waals surface area contributed by atoms with E-state index >= 15 is 0 Å². The molecule has 1 aromatic carbocycles. The first-order valence-corrected chi connectivity index (χ1v) is 6.70. The van der Waals surface area contributed by atoms with Crippen LogP contribution in [0.2, 0.25) is 0 Å². The largest absolute Gasteiger partial charge is 0.495 e. The fourth-order valence-electron chi connectivity index (χ4n) is 1.64.